The lowest BCUT2D eigenvalue weighted by Gasteiger charge is -2.43. The van der Waals surface area contributed by atoms with Crippen LogP contribution in [0.25, 0.3) is 6.08 Å². The van der Waals surface area contributed by atoms with Crippen LogP contribution in [0, 0.1) is 11.3 Å². The Hall–Kier alpha value is -1.29. The van der Waals surface area contributed by atoms with Crippen molar-refractivity contribution < 1.29 is 13.2 Å². The van der Waals surface area contributed by atoms with Gasteiger partial charge in [-0.3, -0.25) is 0 Å². The van der Waals surface area contributed by atoms with E-state index in [2.05, 4.69) is 11.4 Å². The monoisotopic (exact) mass is 281 g/mol. The second kappa shape index (κ2) is 4.92. The third-order valence-electron chi connectivity index (χ3n) is 4.52. The molecule has 0 aromatic heterocycles. The standard InChI is InChI=1S/C16H18F3N/c17-16(18,19)14-5-3-12(4-6-14)1-2-13-9-15(10-13)7-8-20-11-15/h1-6,13,20H,7-11H2/b2-1+. The van der Waals surface area contributed by atoms with Crippen molar-refractivity contribution in [2.45, 2.75) is 25.4 Å². The van der Waals surface area contributed by atoms with Gasteiger partial charge in [0.15, 0.2) is 0 Å². The largest absolute Gasteiger partial charge is 0.416 e. The normalized spacial score (nSPS) is 30.1. The van der Waals surface area contributed by atoms with E-state index in [1.807, 2.05) is 6.08 Å². The van der Waals surface area contributed by atoms with E-state index < -0.39 is 11.7 Å². The lowest BCUT2D eigenvalue weighted by Crippen LogP contribution is -2.37. The molecule has 1 nitrogen and oxygen atoms in total. The zero-order valence-electron chi connectivity index (χ0n) is 11.2. The average molecular weight is 281 g/mol. The molecule has 1 N–H and O–H groups in total. The van der Waals surface area contributed by atoms with Crippen LogP contribution in [-0.2, 0) is 6.18 Å². The molecule has 1 heterocycles. The Morgan fingerprint density at radius 3 is 2.40 bits per heavy atom. The fraction of sp³-hybridized carbons (Fsp3) is 0.500. The van der Waals surface area contributed by atoms with E-state index in [1.54, 1.807) is 0 Å². The maximum atomic E-state index is 12.4. The zero-order valence-corrected chi connectivity index (χ0v) is 11.2. The Labute approximate surface area is 116 Å². The fourth-order valence-corrected chi connectivity index (χ4v) is 3.36. The van der Waals surface area contributed by atoms with Crippen molar-refractivity contribution in [2.24, 2.45) is 11.3 Å². The van der Waals surface area contributed by atoms with E-state index in [-0.39, 0.29) is 0 Å². The predicted octanol–water partition coefficient (Wildman–Crippen LogP) is 4.11. The van der Waals surface area contributed by atoms with Gasteiger partial charge in [0.1, 0.15) is 0 Å². The van der Waals surface area contributed by atoms with E-state index in [1.165, 1.54) is 31.4 Å². The van der Waals surface area contributed by atoms with Gasteiger partial charge in [0, 0.05) is 6.54 Å². The maximum Gasteiger partial charge on any atom is 0.416 e. The summed E-state index contributed by atoms with van der Waals surface area (Å²) in [6.07, 6.45) is 3.51. The molecule has 0 unspecified atom stereocenters. The van der Waals surface area contributed by atoms with Crippen molar-refractivity contribution in [3.05, 3.63) is 41.5 Å². The summed E-state index contributed by atoms with van der Waals surface area (Å²) in [5, 5.41) is 3.40. The second-order valence-electron chi connectivity index (χ2n) is 6.07. The first-order valence-electron chi connectivity index (χ1n) is 7.03. The minimum absolute atomic E-state index is 0.509. The molecule has 1 aliphatic heterocycles. The van der Waals surface area contributed by atoms with E-state index >= 15 is 0 Å². The Balaban J connectivity index is 1.57. The van der Waals surface area contributed by atoms with Gasteiger partial charge in [-0.2, -0.15) is 13.2 Å². The van der Waals surface area contributed by atoms with Gasteiger partial charge in [-0.25, -0.2) is 0 Å². The highest BCUT2D eigenvalue weighted by molar-refractivity contribution is 5.50. The molecular weight excluding hydrogens is 263 g/mol. The third kappa shape index (κ3) is 2.75. The smallest absolute Gasteiger partial charge is 0.316 e. The highest BCUT2D eigenvalue weighted by atomic mass is 19.4. The van der Waals surface area contributed by atoms with Crippen LogP contribution < -0.4 is 5.32 Å². The van der Waals surface area contributed by atoms with E-state index in [0.717, 1.165) is 30.8 Å². The maximum absolute atomic E-state index is 12.4. The summed E-state index contributed by atoms with van der Waals surface area (Å²) in [4.78, 5) is 0. The molecule has 0 atom stereocenters. The molecule has 0 amide bonds. The van der Waals surface area contributed by atoms with Crippen LogP contribution in [0.3, 0.4) is 0 Å². The highest BCUT2D eigenvalue weighted by Crippen LogP contribution is 2.50. The lowest BCUT2D eigenvalue weighted by molar-refractivity contribution is -0.137. The number of halogens is 3. The Kier molecular flexibility index (Phi) is 3.36. The molecule has 2 fully saturated rings. The van der Waals surface area contributed by atoms with Crippen molar-refractivity contribution in [2.75, 3.05) is 13.1 Å². The van der Waals surface area contributed by atoms with Gasteiger partial charge in [0.2, 0.25) is 0 Å². The Morgan fingerprint density at radius 2 is 1.85 bits per heavy atom. The lowest BCUT2D eigenvalue weighted by atomic mass is 9.61. The first-order valence-corrected chi connectivity index (χ1v) is 7.03. The van der Waals surface area contributed by atoms with Crippen molar-refractivity contribution in [1.82, 2.24) is 5.32 Å². The summed E-state index contributed by atoms with van der Waals surface area (Å²) < 4.78 is 37.3. The molecule has 108 valence electrons. The van der Waals surface area contributed by atoms with Crippen LogP contribution in [0.4, 0.5) is 13.2 Å². The molecular formula is C16H18F3N. The molecule has 3 rings (SSSR count). The third-order valence-corrected chi connectivity index (χ3v) is 4.52. The molecule has 20 heavy (non-hydrogen) atoms. The summed E-state index contributed by atoms with van der Waals surface area (Å²) in [6.45, 7) is 2.24. The van der Waals surface area contributed by atoms with E-state index in [0.29, 0.717) is 11.3 Å². The van der Waals surface area contributed by atoms with Crippen LogP contribution in [0.1, 0.15) is 30.4 Å². The highest BCUT2D eigenvalue weighted by Gasteiger charge is 2.44. The molecule has 1 saturated carbocycles. The van der Waals surface area contributed by atoms with Crippen LogP contribution in [-0.4, -0.2) is 13.1 Å². The molecule has 1 saturated heterocycles. The predicted molar refractivity (Wildman–Crippen MR) is 73.1 cm³/mol. The first-order chi connectivity index (χ1) is 9.47. The number of hydrogen-bond acceptors (Lipinski definition) is 1. The quantitative estimate of drug-likeness (QED) is 0.860. The number of rotatable bonds is 2. The number of alkyl halides is 3. The molecule has 0 bridgehead atoms. The van der Waals surface area contributed by atoms with Crippen molar-refractivity contribution >= 4 is 6.08 Å². The molecule has 1 spiro atoms. The zero-order chi connectivity index (χ0) is 14.2. The SMILES string of the molecule is FC(F)(F)c1ccc(/C=C/C2CC3(CCNC3)C2)cc1. The average Bonchev–Trinajstić information content (AvgIpc) is 2.84. The van der Waals surface area contributed by atoms with Crippen molar-refractivity contribution in [3.63, 3.8) is 0 Å². The minimum Gasteiger partial charge on any atom is -0.316 e. The molecule has 2 aliphatic rings. The van der Waals surface area contributed by atoms with Crippen molar-refractivity contribution in [1.29, 1.82) is 0 Å². The molecule has 1 aromatic carbocycles. The van der Waals surface area contributed by atoms with Crippen LogP contribution in [0.15, 0.2) is 30.3 Å². The van der Waals surface area contributed by atoms with Gasteiger partial charge in [0.25, 0.3) is 0 Å². The van der Waals surface area contributed by atoms with Gasteiger partial charge in [-0.15, -0.1) is 0 Å². The number of benzene rings is 1. The van der Waals surface area contributed by atoms with E-state index in [4.69, 9.17) is 0 Å². The van der Waals surface area contributed by atoms with E-state index in [9.17, 15) is 13.2 Å². The fourth-order valence-electron chi connectivity index (χ4n) is 3.36. The van der Waals surface area contributed by atoms with Crippen LogP contribution >= 0.6 is 0 Å². The number of allylic oxidation sites excluding steroid dienone is 1. The Morgan fingerprint density at radius 1 is 1.15 bits per heavy atom. The molecule has 4 heteroatoms. The number of nitrogens with one attached hydrogen (secondary N) is 1. The summed E-state index contributed by atoms with van der Waals surface area (Å²) >= 11 is 0. The molecule has 1 aromatic rings. The number of hydrogen-bond donors (Lipinski definition) is 1. The van der Waals surface area contributed by atoms with Gasteiger partial charge in [-0.1, -0.05) is 24.3 Å². The molecule has 0 radical (unpaired) electrons. The van der Waals surface area contributed by atoms with Crippen LogP contribution in [0.5, 0.6) is 0 Å². The van der Waals surface area contributed by atoms with Gasteiger partial charge in [-0.05, 0) is 54.8 Å². The topological polar surface area (TPSA) is 12.0 Å². The molecule has 1 aliphatic carbocycles. The van der Waals surface area contributed by atoms with Gasteiger partial charge in [0.05, 0.1) is 5.56 Å². The van der Waals surface area contributed by atoms with Gasteiger partial charge < -0.3 is 5.32 Å². The summed E-state index contributed by atoms with van der Waals surface area (Å²) in [5.41, 5.74) is 0.757. The minimum atomic E-state index is -4.25. The van der Waals surface area contributed by atoms with Gasteiger partial charge >= 0.3 is 6.18 Å². The summed E-state index contributed by atoms with van der Waals surface area (Å²) in [6, 6.07) is 5.35. The first kappa shape index (κ1) is 13.7. The Bertz CT molecular complexity index is 487. The summed E-state index contributed by atoms with van der Waals surface area (Å²) in [5.74, 6) is 0.581. The second-order valence-corrected chi connectivity index (χ2v) is 6.07. The summed E-state index contributed by atoms with van der Waals surface area (Å²) in [7, 11) is 0. The van der Waals surface area contributed by atoms with Crippen LogP contribution in [0.2, 0.25) is 0 Å². The van der Waals surface area contributed by atoms with Crippen molar-refractivity contribution in [3.8, 4) is 0 Å².